The van der Waals surface area contributed by atoms with Gasteiger partial charge in [-0.15, -0.1) is 0 Å². The van der Waals surface area contributed by atoms with Gasteiger partial charge in [0.05, 0.1) is 16.6 Å². The van der Waals surface area contributed by atoms with E-state index in [1.165, 1.54) is 10.6 Å². The number of nitrogens with one attached hydrogen (secondary N) is 2. The molecule has 4 nitrogen and oxygen atoms in total. The molecule has 2 aromatic rings. The summed E-state index contributed by atoms with van der Waals surface area (Å²) < 4.78 is 39.5. The number of nitrogens with zero attached hydrogens (tertiary/aromatic N) is 1. The van der Waals surface area contributed by atoms with Gasteiger partial charge in [0.2, 0.25) is 0 Å². The number of hydrogen-bond donors (Lipinski definition) is 2. The first-order valence-corrected chi connectivity index (χ1v) is 6.45. The maximum Gasteiger partial charge on any atom is 0.416 e. The zero-order valence-corrected chi connectivity index (χ0v) is 10.6. The quantitative estimate of drug-likeness (QED) is 0.886. The van der Waals surface area contributed by atoms with Crippen LogP contribution in [0, 0.1) is 5.92 Å². The van der Waals surface area contributed by atoms with Crippen molar-refractivity contribution in [3.63, 3.8) is 0 Å². The maximum atomic E-state index is 12.6. The average Bonchev–Trinajstić information content (AvgIpc) is 2.97. The molecule has 0 bridgehead atoms. The third-order valence-corrected chi connectivity index (χ3v) is 3.70. The number of halogens is 3. The topological polar surface area (TPSA) is 49.8 Å². The molecule has 1 aliphatic rings. The molecule has 0 spiro atoms. The minimum absolute atomic E-state index is 0.232. The largest absolute Gasteiger partial charge is 0.416 e. The van der Waals surface area contributed by atoms with E-state index in [0.717, 1.165) is 31.6 Å². The van der Waals surface area contributed by atoms with Crippen molar-refractivity contribution in [3.05, 3.63) is 34.2 Å². The Labute approximate surface area is 112 Å². The summed E-state index contributed by atoms with van der Waals surface area (Å²) in [4.78, 5) is 14.4. The van der Waals surface area contributed by atoms with Gasteiger partial charge in [0.25, 0.3) is 0 Å². The summed E-state index contributed by atoms with van der Waals surface area (Å²) in [5.74, 6) is 0.342. The van der Waals surface area contributed by atoms with Crippen LogP contribution < -0.4 is 11.0 Å². The van der Waals surface area contributed by atoms with Crippen LogP contribution in [0.25, 0.3) is 11.0 Å². The predicted molar refractivity (Wildman–Crippen MR) is 68.5 cm³/mol. The highest BCUT2D eigenvalue weighted by Gasteiger charge is 2.31. The minimum Gasteiger partial charge on any atom is -0.316 e. The number of fused-ring (bicyclic) bond motifs is 1. The molecule has 1 atom stereocenters. The van der Waals surface area contributed by atoms with Gasteiger partial charge in [-0.05, 0) is 43.6 Å². The number of aromatic nitrogens is 2. The van der Waals surface area contributed by atoms with E-state index in [9.17, 15) is 18.0 Å². The lowest BCUT2D eigenvalue weighted by atomic mass is 10.1. The molecule has 7 heteroatoms. The molecule has 1 unspecified atom stereocenters. The van der Waals surface area contributed by atoms with Gasteiger partial charge in [0.1, 0.15) is 0 Å². The summed E-state index contributed by atoms with van der Waals surface area (Å²) >= 11 is 0. The second kappa shape index (κ2) is 4.66. The van der Waals surface area contributed by atoms with Crippen molar-refractivity contribution < 1.29 is 13.2 Å². The summed E-state index contributed by atoms with van der Waals surface area (Å²) in [5, 5.41) is 3.21. The lowest BCUT2D eigenvalue weighted by molar-refractivity contribution is -0.137. The van der Waals surface area contributed by atoms with Crippen LogP contribution in [0.15, 0.2) is 23.0 Å². The molecule has 3 rings (SSSR count). The molecular formula is C13H14F3N3O. The molecule has 0 amide bonds. The van der Waals surface area contributed by atoms with Gasteiger partial charge in [-0.3, -0.25) is 4.57 Å². The Morgan fingerprint density at radius 2 is 2.15 bits per heavy atom. The molecule has 0 saturated carbocycles. The number of hydrogen-bond acceptors (Lipinski definition) is 2. The molecular weight excluding hydrogens is 271 g/mol. The van der Waals surface area contributed by atoms with Crippen molar-refractivity contribution in [1.29, 1.82) is 0 Å². The lowest BCUT2D eigenvalue weighted by Gasteiger charge is -2.10. The summed E-state index contributed by atoms with van der Waals surface area (Å²) in [5.41, 5.74) is -0.349. The molecule has 1 fully saturated rings. The van der Waals surface area contributed by atoms with Crippen molar-refractivity contribution >= 4 is 11.0 Å². The highest BCUT2D eigenvalue weighted by atomic mass is 19.4. The Balaban J connectivity index is 2.01. The van der Waals surface area contributed by atoms with E-state index in [-0.39, 0.29) is 11.2 Å². The third kappa shape index (κ3) is 2.33. The number of rotatable bonds is 2. The fourth-order valence-corrected chi connectivity index (χ4v) is 2.65. The molecule has 1 aromatic carbocycles. The smallest absolute Gasteiger partial charge is 0.316 e. The molecule has 1 aromatic heterocycles. The number of aromatic amines is 1. The summed E-state index contributed by atoms with van der Waals surface area (Å²) in [6.07, 6.45) is -3.43. The fraction of sp³-hybridized carbons (Fsp3) is 0.462. The summed E-state index contributed by atoms with van der Waals surface area (Å²) in [7, 11) is 0. The van der Waals surface area contributed by atoms with Crippen molar-refractivity contribution in [2.75, 3.05) is 13.1 Å². The first-order chi connectivity index (χ1) is 9.45. The van der Waals surface area contributed by atoms with Crippen molar-refractivity contribution in [3.8, 4) is 0 Å². The van der Waals surface area contributed by atoms with Crippen LogP contribution in [0.3, 0.4) is 0 Å². The van der Waals surface area contributed by atoms with Gasteiger partial charge in [0.15, 0.2) is 0 Å². The van der Waals surface area contributed by atoms with E-state index < -0.39 is 11.7 Å². The Morgan fingerprint density at radius 3 is 2.80 bits per heavy atom. The summed E-state index contributed by atoms with van der Waals surface area (Å²) in [6, 6.07) is 3.36. The van der Waals surface area contributed by atoms with E-state index in [0.29, 0.717) is 18.0 Å². The molecule has 108 valence electrons. The molecule has 2 heterocycles. The Kier molecular flexibility index (Phi) is 3.08. The molecule has 0 aliphatic carbocycles. The second-order valence-electron chi connectivity index (χ2n) is 5.13. The van der Waals surface area contributed by atoms with E-state index >= 15 is 0 Å². The van der Waals surface area contributed by atoms with Crippen LogP contribution in [0.4, 0.5) is 13.2 Å². The highest BCUT2D eigenvalue weighted by molar-refractivity contribution is 5.76. The predicted octanol–water partition coefficient (Wildman–Crippen LogP) is 1.96. The third-order valence-electron chi connectivity index (χ3n) is 3.70. The van der Waals surface area contributed by atoms with Gasteiger partial charge in [-0.1, -0.05) is 0 Å². The lowest BCUT2D eigenvalue weighted by Crippen LogP contribution is -2.22. The first-order valence-electron chi connectivity index (χ1n) is 6.45. The minimum atomic E-state index is -4.40. The van der Waals surface area contributed by atoms with Crippen LogP contribution in [0.2, 0.25) is 0 Å². The van der Waals surface area contributed by atoms with Gasteiger partial charge in [-0.2, -0.15) is 13.2 Å². The van der Waals surface area contributed by atoms with E-state index in [1.54, 1.807) is 0 Å². The molecule has 0 radical (unpaired) electrons. The fourth-order valence-electron chi connectivity index (χ4n) is 2.65. The number of benzene rings is 1. The van der Waals surface area contributed by atoms with Crippen molar-refractivity contribution in [1.82, 2.24) is 14.9 Å². The zero-order chi connectivity index (χ0) is 14.3. The van der Waals surface area contributed by atoms with Crippen molar-refractivity contribution in [2.24, 2.45) is 5.92 Å². The Morgan fingerprint density at radius 1 is 1.35 bits per heavy atom. The first kappa shape index (κ1) is 13.2. The van der Waals surface area contributed by atoms with Crippen molar-refractivity contribution in [2.45, 2.75) is 19.1 Å². The number of alkyl halides is 3. The second-order valence-corrected chi connectivity index (χ2v) is 5.13. The van der Waals surface area contributed by atoms with E-state index in [1.807, 2.05) is 0 Å². The number of imidazole rings is 1. The van der Waals surface area contributed by atoms with Gasteiger partial charge < -0.3 is 10.3 Å². The van der Waals surface area contributed by atoms with Crippen LogP contribution in [0.1, 0.15) is 12.0 Å². The molecule has 1 saturated heterocycles. The number of H-pyrrole nitrogens is 1. The SMILES string of the molecule is O=c1[nH]c2cc(C(F)(F)F)ccc2n1CC1CCNC1. The van der Waals surface area contributed by atoms with E-state index in [4.69, 9.17) is 0 Å². The van der Waals surface area contributed by atoms with Gasteiger partial charge >= 0.3 is 11.9 Å². The normalized spacial score (nSPS) is 19.9. The maximum absolute atomic E-state index is 12.6. The van der Waals surface area contributed by atoms with Crippen LogP contribution in [-0.4, -0.2) is 22.6 Å². The molecule has 20 heavy (non-hydrogen) atoms. The highest BCUT2D eigenvalue weighted by Crippen LogP contribution is 2.30. The Hall–Kier alpha value is -1.76. The van der Waals surface area contributed by atoms with Gasteiger partial charge in [0, 0.05) is 6.54 Å². The van der Waals surface area contributed by atoms with Gasteiger partial charge in [-0.25, -0.2) is 4.79 Å². The van der Waals surface area contributed by atoms with E-state index in [2.05, 4.69) is 10.3 Å². The Bertz CT molecular complexity index is 680. The average molecular weight is 285 g/mol. The molecule has 1 aliphatic heterocycles. The van der Waals surface area contributed by atoms with Crippen LogP contribution in [-0.2, 0) is 12.7 Å². The zero-order valence-electron chi connectivity index (χ0n) is 10.6. The van der Waals surface area contributed by atoms with Crippen LogP contribution >= 0.6 is 0 Å². The molecule has 2 N–H and O–H groups in total. The summed E-state index contributed by atoms with van der Waals surface area (Å²) in [6.45, 7) is 2.27. The monoisotopic (exact) mass is 285 g/mol. The standard InChI is InChI=1S/C13H14F3N3O/c14-13(15,16)9-1-2-11-10(5-9)18-12(20)19(11)7-8-3-4-17-6-8/h1-2,5,8,17H,3-4,6-7H2,(H,18,20). The van der Waals surface area contributed by atoms with Crippen LogP contribution in [0.5, 0.6) is 0 Å².